The van der Waals surface area contributed by atoms with Crippen LogP contribution in [-0.2, 0) is 0 Å². The van der Waals surface area contributed by atoms with Gasteiger partial charge in [-0.05, 0) is 36.4 Å². The molecule has 0 aromatic heterocycles. The van der Waals surface area contributed by atoms with E-state index in [1.807, 2.05) is 15.9 Å². The topological polar surface area (TPSA) is 23.6 Å². The molecule has 0 radical (unpaired) electrons. The summed E-state index contributed by atoms with van der Waals surface area (Å²) in [5.41, 5.74) is 1.12. The van der Waals surface area contributed by atoms with Crippen molar-refractivity contribution in [3.63, 3.8) is 0 Å². The predicted molar refractivity (Wildman–Crippen MR) is 85.8 cm³/mol. The van der Waals surface area contributed by atoms with Crippen molar-refractivity contribution in [2.24, 2.45) is 0 Å². The van der Waals surface area contributed by atoms with Crippen LogP contribution in [0.25, 0.3) is 0 Å². The van der Waals surface area contributed by atoms with Crippen molar-refractivity contribution in [1.82, 2.24) is 4.90 Å². The number of carbonyl (C=O) groups excluding carboxylic acids is 1. The Morgan fingerprint density at radius 1 is 0.913 bits per heavy atom. The van der Waals surface area contributed by atoms with E-state index >= 15 is 0 Å². The van der Waals surface area contributed by atoms with Crippen molar-refractivity contribution in [3.8, 4) is 0 Å². The molecule has 0 spiro atoms. The smallest absolute Gasteiger partial charge is 0.176 e. The summed E-state index contributed by atoms with van der Waals surface area (Å²) >= 11 is 0. The molecule has 0 aliphatic carbocycles. The van der Waals surface area contributed by atoms with E-state index in [0.717, 1.165) is 0 Å². The van der Waals surface area contributed by atoms with Gasteiger partial charge in [-0.2, -0.15) is 0 Å². The van der Waals surface area contributed by atoms with Crippen molar-refractivity contribution in [2.45, 2.75) is 0 Å². The Morgan fingerprint density at radius 2 is 1.57 bits per heavy atom. The van der Waals surface area contributed by atoms with Gasteiger partial charge in [-0.1, -0.05) is 12.1 Å². The van der Waals surface area contributed by atoms with Gasteiger partial charge in [0.25, 0.3) is 0 Å². The summed E-state index contributed by atoms with van der Waals surface area (Å²) in [6.07, 6.45) is 0. The Morgan fingerprint density at radius 3 is 2.22 bits per heavy atom. The summed E-state index contributed by atoms with van der Waals surface area (Å²) in [4.78, 5) is 16.2. The molecule has 1 saturated heterocycles. The van der Waals surface area contributed by atoms with Crippen LogP contribution in [0.15, 0.2) is 48.5 Å². The van der Waals surface area contributed by atoms with Crippen LogP contribution in [0.1, 0.15) is 10.4 Å². The third-order valence-electron chi connectivity index (χ3n) is 4.10. The molecule has 0 amide bonds. The molecule has 0 bridgehead atoms. The van der Waals surface area contributed by atoms with E-state index in [4.69, 9.17) is 0 Å². The Balaban J connectivity index is 1.56. The average Bonchev–Trinajstić information content (AvgIpc) is 2.57. The van der Waals surface area contributed by atoms with E-state index in [1.54, 1.807) is 12.1 Å². The highest BCUT2D eigenvalue weighted by atomic mass is 19.1. The minimum absolute atomic E-state index is 0.0238. The first-order valence-electron chi connectivity index (χ1n) is 7.64. The fourth-order valence-electron chi connectivity index (χ4n) is 2.79. The van der Waals surface area contributed by atoms with Crippen LogP contribution in [0, 0.1) is 11.6 Å². The molecule has 3 rings (SSSR count). The highest BCUT2D eigenvalue weighted by Gasteiger charge is 2.21. The van der Waals surface area contributed by atoms with Crippen molar-refractivity contribution in [1.29, 1.82) is 0 Å². The summed E-state index contributed by atoms with van der Waals surface area (Å²) in [6, 6.07) is 12.3. The third kappa shape index (κ3) is 3.74. The lowest BCUT2D eigenvalue weighted by Gasteiger charge is -2.35. The molecule has 0 atom stereocenters. The predicted octanol–water partition coefficient (Wildman–Crippen LogP) is 2.97. The van der Waals surface area contributed by atoms with Gasteiger partial charge in [0.15, 0.2) is 5.78 Å². The van der Waals surface area contributed by atoms with Gasteiger partial charge in [-0.3, -0.25) is 9.69 Å². The van der Waals surface area contributed by atoms with Crippen molar-refractivity contribution < 1.29 is 13.6 Å². The minimum atomic E-state index is -0.347. The summed E-state index contributed by atoms with van der Waals surface area (Å²) in [6.45, 7) is 3.05. The molecule has 1 fully saturated rings. The summed E-state index contributed by atoms with van der Waals surface area (Å²) in [5.74, 6) is -0.590. The van der Waals surface area contributed by atoms with Gasteiger partial charge in [-0.25, -0.2) is 8.78 Å². The summed E-state index contributed by atoms with van der Waals surface area (Å²) in [7, 11) is 0. The molecule has 1 aliphatic rings. The Hall–Kier alpha value is -2.27. The van der Waals surface area contributed by atoms with E-state index < -0.39 is 0 Å². The van der Waals surface area contributed by atoms with Gasteiger partial charge in [0.05, 0.1) is 12.2 Å². The number of rotatable bonds is 4. The van der Waals surface area contributed by atoms with Crippen molar-refractivity contribution >= 4 is 11.5 Å². The molecular formula is C18H18F2N2O. The lowest BCUT2D eigenvalue weighted by Crippen LogP contribution is -2.48. The molecule has 1 heterocycles. The second-order valence-corrected chi connectivity index (χ2v) is 5.64. The van der Waals surface area contributed by atoms with Crippen LogP contribution in [0.3, 0.4) is 0 Å². The zero-order valence-electron chi connectivity index (χ0n) is 12.7. The molecule has 120 valence electrons. The maximum absolute atomic E-state index is 13.8. The van der Waals surface area contributed by atoms with Gasteiger partial charge in [-0.15, -0.1) is 0 Å². The zero-order valence-corrected chi connectivity index (χ0v) is 12.7. The molecule has 3 nitrogen and oxygen atoms in total. The van der Waals surface area contributed by atoms with Crippen LogP contribution < -0.4 is 4.90 Å². The molecule has 0 N–H and O–H groups in total. The number of piperazine rings is 1. The number of carbonyl (C=O) groups is 1. The van der Waals surface area contributed by atoms with Crippen LogP contribution in [0.2, 0.25) is 0 Å². The molecule has 5 heteroatoms. The highest BCUT2D eigenvalue weighted by Crippen LogP contribution is 2.20. The minimum Gasteiger partial charge on any atom is -0.367 e. The van der Waals surface area contributed by atoms with E-state index in [1.165, 1.54) is 30.3 Å². The van der Waals surface area contributed by atoms with Crippen LogP contribution in [0.4, 0.5) is 14.5 Å². The number of hydrogen-bond donors (Lipinski definition) is 0. The van der Waals surface area contributed by atoms with E-state index in [0.29, 0.717) is 44.0 Å². The van der Waals surface area contributed by atoms with Gasteiger partial charge in [0.2, 0.25) is 0 Å². The number of para-hydroxylation sites is 1. The number of nitrogens with zero attached hydrogens (tertiary/aromatic N) is 2. The fourth-order valence-corrected chi connectivity index (χ4v) is 2.79. The second kappa shape index (κ2) is 6.87. The van der Waals surface area contributed by atoms with Gasteiger partial charge >= 0.3 is 0 Å². The number of hydrogen-bond acceptors (Lipinski definition) is 3. The van der Waals surface area contributed by atoms with Crippen LogP contribution in [-0.4, -0.2) is 43.4 Å². The van der Waals surface area contributed by atoms with Crippen molar-refractivity contribution in [2.75, 3.05) is 37.6 Å². The quantitative estimate of drug-likeness (QED) is 0.810. The molecule has 2 aromatic rings. The Bertz CT molecular complexity index is 680. The summed E-state index contributed by atoms with van der Waals surface area (Å²) in [5, 5.41) is 0. The molecule has 1 aliphatic heterocycles. The largest absolute Gasteiger partial charge is 0.367 e. The Labute approximate surface area is 134 Å². The number of halogens is 2. The monoisotopic (exact) mass is 316 g/mol. The standard InChI is InChI=1S/C18H18F2N2O/c19-15-7-5-14(6-8-15)18(23)13-21-9-11-22(12-10-21)17-4-2-1-3-16(17)20/h1-8H,9-13H2. The van der Waals surface area contributed by atoms with Gasteiger partial charge in [0, 0.05) is 31.7 Å². The van der Waals surface area contributed by atoms with Gasteiger partial charge < -0.3 is 4.90 Å². The number of Topliss-reactive ketones (excluding diaryl/α,β-unsaturated/α-hetero) is 1. The maximum atomic E-state index is 13.8. The van der Waals surface area contributed by atoms with Crippen LogP contribution in [0.5, 0.6) is 0 Å². The first kappa shape index (κ1) is 15.6. The zero-order chi connectivity index (χ0) is 16.2. The first-order chi connectivity index (χ1) is 11.1. The first-order valence-corrected chi connectivity index (χ1v) is 7.64. The molecule has 0 unspecified atom stereocenters. The number of ketones is 1. The molecular weight excluding hydrogens is 298 g/mol. The van der Waals surface area contributed by atoms with E-state index in [-0.39, 0.29) is 17.4 Å². The second-order valence-electron chi connectivity index (χ2n) is 5.64. The number of anilines is 1. The molecule has 0 saturated carbocycles. The molecule has 2 aromatic carbocycles. The van der Waals surface area contributed by atoms with Crippen molar-refractivity contribution in [3.05, 3.63) is 65.7 Å². The fraction of sp³-hybridized carbons (Fsp3) is 0.278. The SMILES string of the molecule is O=C(CN1CCN(c2ccccc2F)CC1)c1ccc(F)cc1. The van der Waals surface area contributed by atoms with Crippen LogP contribution >= 0.6 is 0 Å². The van der Waals surface area contributed by atoms with E-state index in [2.05, 4.69) is 0 Å². The molecule has 23 heavy (non-hydrogen) atoms. The Kier molecular flexibility index (Phi) is 4.67. The van der Waals surface area contributed by atoms with Gasteiger partial charge in [0.1, 0.15) is 11.6 Å². The third-order valence-corrected chi connectivity index (χ3v) is 4.10. The average molecular weight is 316 g/mol. The normalized spacial score (nSPS) is 15.7. The maximum Gasteiger partial charge on any atom is 0.176 e. The lowest BCUT2D eigenvalue weighted by molar-refractivity contribution is 0.0926. The van der Waals surface area contributed by atoms with E-state index in [9.17, 15) is 13.6 Å². The highest BCUT2D eigenvalue weighted by molar-refractivity contribution is 5.97. The number of benzene rings is 2. The lowest BCUT2D eigenvalue weighted by atomic mass is 10.1. The summed E-state index contributed by atoms with van der Waals surface area (Å²) < 4.78 is 26.7.